The second kappa shape index (κ2) is 5.16. The zero-order valence-corrected chi connectivity index (χ0v) is 12.2. The summed E-state index contributed by atoms with van der Waals surface area (Å²) in [6.07, 6.45) is 5.95. The lowest BCUT2D eigenvalue weighted by Gasteiger charge is -2.29. The summed E-state index contributed by atoms with van der Waals surface area (Å²) in [6, 6.07) is 6.69. The molecule has 1 aromatic rings. The van der Waals surface area contributed by atoms with Crippen molar-refractivity contribution in [2.45, 2.75) is 39.2 Å². The number of nitrogens with zero attached hydrogens (tertiary/aromatic N) is 1. The fraction of sp³-hybridized carbons (Fsp3) is 0.647. The van der Waals surface area contributed by atoms with Gasteiger partial charge in [0.05, 0.1) is 0 Å². The fourth-order valence-electron chi connectivity index (χ4n) is 4.20. The van der Waals surface area contributed by atoms with Gasteiger partial charge in [-0.1, -0.05) is 12.5 Å². The summed E-state index contributed by atoms with van der Waals surface area (Å²) in [5.74, 6) is 2.99. The van der Waals surface area contributed by atoms with Crippen molar-refractivity contribution in [3.05, 3.63) is 29.3 Å². The van der Waals surface area contributed by atoms with Crippen molar-refractivity contribution >= 4 is 5.69 Å². The van der Waals surface area contributed by atoms with E-state index in [2.05, 4.69) is 37.1 Å². The van der Waals surface area contributed by atoms with Gasteiger partial charge in [-0.15, -0.1) is 0 Å². The van der Waals surface area contributed by atoms with Gasteiger partial charge in [0.1, 0.15) is 0 Å². The number of anilines is 1. The smallest absolute Gasteiger partial charge is 0.0366 e. The number of hydrogen-bond acceptors (Lipinski definition) is 2. The number of rotatable bonds is 4. The highest BCUT2D eigenvalue weighted by atomic mass is 15.1. The molecular formula is C17H26N2. The van der Waals surface area contributed by atoms with Crippen LogP contribution < -0.4 is 10.6 Å². The van der Waals surface area contributed by atoms with Gasteiger partial charge in [0.25, 0.3) is 0 Å². The van der Waals surface area contributed by atoms with Crippen LogP contribution in [0.3, 0.4) is 0 Å². The van der Waals surface area contributed by atoms with Crippen LogP contribution in [0.2, 0.25) is 0 Å². The molecule has 3 rings (SSSR count). The number of hydrogen-bond donors (Lipinski definition) is 1. The maximum Gasteiger partial charge on any atom is 0.0366 e. The molecule has 3 atom stereocenters. The summed E-state index contributed by atoms with van der Waals surface area (Å²) >= 11 is 0. The number of benzene rings is 1. The average Bonchev–Trinajstić information content (AvgIpc) is 3.00. The van der Waals surface area contributed by atoms with Crippen LogP contribution >= 0.6 is 0 Å². The SMILES string of the molecule is Cc1cc(N(C)CC2CC3CCC2C3)ccc1CN. The molecule has 19 heavy (non-hydrogen) atoms. The lowest BCUT2D eigenvalue weighted by Crippen LogP contribution is -2.28. The molecule has 2 fully saturated rings. The second-order valence-corrected chi connectivity index (χ2v) is 6.63. The molecule has 1 aromatic carbocycles. The summed E-state index contributed by atoms with van der Waals surface area (Å²) < 4.78 is 0. The lowest BCUT2D eigenvalue weighted by atomic mass is 9.88. The van der Waals surface area contributed by atoms with E-state index in [4.69, 9.17) is 5.73 Å². The van der Waals surface area contributed by atoms with Gasteiger partial charge in [-0.25, -0.2) is 0 Å². The first kappa shape index (κ1) is 13.0. The molecule has 104 valence electrons. The van der Waals surface area contributed by atoms with Crippen LogP contribution in [-0.4, -0.2) is 13.6 Å². The molecule has 2 saturated carbocycles. The zero-order chi connectivity index (χ0) is 13.4. The largest absolute Gasteiger partial charge is 0.374 e. The summed E-state index contributed by atoms with van der Waals surface area (Å²) in [7, 11) is 2.24. The molecular weight excluding hydrogens is 232 g/mol. The van der Waals surface area contributed by atoms with Crippen LogP contribution in [0.15, 0.2) is 18.2 Å². The number of aryl methyl sites for hydroxylation is 1. The maximum absolute atomic E-state index is 5.74. The minimum Gasteiger partial charge on any atom is -0.374 e. The van der Waals surface area contributed by atoms with Crippen LogP contribution in [0.4, 0.5) is 5.69 Å². The summed E-state index contributed by atoms with van der Waals surface area (Å²) in [6.45, 7) is 4.03. The van der Waals surface area contributed by atoms with Crippen molar-refractivity contribution in [2.24, 2.45) is 23.5 Å². The Morgan fingerprint density at radius 3 is 2.68 bits per heavy atom. The average molecular weight is 258 g/mol. The van der Waals surface area contributed by atoms with Crippen molar-refractivity contribution in [1.29, 1.82) is 0 Å². The molecule has 0 aliphatic heterocycles. The van der Waals surface area contributed by atoms with E-state index in [1.165, 1.54) is 49.0 Å². The first-order chi connectivity index (χ1) is 9.17. The minimum atomic E-state index is 0.641. The molecule has 3 unspecified atom stereocenters. The van der Waals surface area contributed by atoms with Crippen molar-refractivity contribution in [1.82, 2.24) is 0 Å². The second-order valence-electron chi connectivity index (χ2n) is 6.63. The van der Waals surface area contributed by atoms with E-state index in [9.17, 15) is 0 Å². The predicted octanol–water partition coefficient (Wildman–Crippen LogP) is 3.33. The van der Waals surface area contributed by atoms with Gasteiger partial charge in [0, 0.05) is 25.8 Å². The Morgan fingerprint density at radius 1 is 1.26 bits per heavy atom. The molecule has 2 heteroatoms. The first-order valence-corrected chi connectivity index (χ1v) is 7.68. The monoisotopic (exact) mass is 258 g/mol. The van der Waals surface area contributed by atoms with Gasteiger partial charge in [-0.3, -0.25) is 0 Å². The molecule has 2 aliphatic rings. The standard InChI is InChI=1S/C17H26N2/c1-12-7-17(6-5-15(12)10-18)19(2)11-16-9-13-3-4-14(16)8-13/h5-7,13-14,16H,3-4,8-11,18H2,1-2H3. The van der Waals surface area contributed by atoms with E-state index in [-0.39, 0.29) is 0 Å². The van der Waals surface area contributed by atoms with Crippen LogP contribution in [-0.2, 0) is 6.54 Å². The molecule has 2 nitrogen and oxygen atoms in total. The van der Waals surface area contributed by atoms with E-state index in [1.807, 2.05) is 0 Å². The van der Waals surface area contributed by atoms with Crippen molar-refractivity contribution in [3.8, 4) is 0 Å². The van der Waals surface area contributed by atoms with E-state index in [0.29, 0.717) is 6.54 Å². The molecule has 2 aliphatic carbocycles. The van der Waals surface area contributed by atoms with Crippen LogP contribution in [0.5, 0.6) is 0 Å². The molecule has 0 saturated heterocycles. The minimum absolute atomic E-state index is 0.641. The highest BCUT2D eigenvalue weighted by molar-refractivity contribution is 5.50. The van der Waals surface area contributed by atoms with E-state index >= 15 is 0 Å². The van der Waals surface area contributed by atoms with Crippen molar-refractivity contribution in [2.75, 3.05) is 18.5 Å². The molecule has 0 amide bonds. The Morgan fingerprint density at radius 2 is 2.11 bits per heavy atom. The van der Waals surface area contributed by atoms with Crippen LogP contribution in [0, 0.1) is 24.7 Å². The molecule has 0 spiro atoms. The summed E-state index contributed by atoms with van der Waals surface area (Å²) in [5.41, 5.74) is 9.66. The molecule has 0 heterocycles. The highest BCUT2D eigenvalue weighted by Crippen LogP contribution is 2.48. The molecule has 0 aromatic heterocycles. The predicted molar refractivity (Wildman–Crippen MR) is 81.3 cm³/mol. The lowest BCUT2D eigenvalue weighted by molar-refractivity contribution is 0.337. The summed E-state index contributed by atoms with van der Waals surface area (Å²) in [5, 5.41) is 0. The zero-order valence-electron chi connectivity index (χ0n) is 12.2. The van der Waals surface area contributed by atoms with Gasteiger partial charge in [0.15, 0.2) is 0 Å². The number of nitrogens with two attached hydrogens (primary N) is 1. The van der Waals surface area contributed by atoms with E-state index in [1.54, 1.807) is 0 Å². The van der Waals surface area contributed by atoms with Crippen LogP contribution in [0.25, 0.3) is 0 Å². The van der Waals surface area contributed by atoms with Gasteiger partial charge < -0.3 is 10.6 Å². The Labute approximate surface area is 117 Å². The maximum atomic E-state index is 5.74. The third-order valence-electron chi connectivity index (χ3n) is 5.38. The topological polar surface area (TPSA) is 29.3 Å². The number of fused-ring (bicyclic) bond motifs is 2. The van der Waals surface area contributed by atoms with E-state index < -0.39 is 0 Å². The van der Waals surface area contributed by atoms with E-state index in [0.717, 1.165) is 17.8 Å². The quantitative estimate of drug-likeness (QED) is 0.897. The molecule has 0 radical (unpaired) electrons. The van der Waals surface area contributed by atoms with Gasteiger partial charge >= 0.3 is 0 Å². The Balaban J connectivity index is 1.67. The Kier molecular flexibility index (Phi) is 3.53. The van der Waals surface area contributed by atoms with Crippen LogP contribution in [0.1, 0.15) is 36.8 Å². The Hall–Kier alpha value is -1.02. The van der Waals surface area contributed by atoms with Gasteiger partial charge in [0.2, 0.25) is 0 Å². The van der Waals surface area contributed by atoms with Crippen molar-refractivity contribution in [3.63, 3.8) is 0 Å². The third-order valence-corrected chi connectivity index (χ3v) is 5.38. The summed E-state index contributed by atoms with van der Waals surface area (Å²) in [4.78, 5) is 2.44. The first-order valence-electron chi connectivity index (χ1n) is 7.68. The van der Waals surface area contributed by atoms with Gasteiger partial charge in [-0.2, -0.15) is 0 Å². The highest BCUT2D eigenvalue weighted by Gasteiger charge is 2.39. The molecule has 2 bridgehead atoms. The van der Waals surface area contributed by atoms with Gasteiger partial charge in [-0.05, 0) is 67.2 Å². The normalized spacial score (nSPS) is 28.9. The Bertz CT molecular complexity index is 455. The van der Waals surface area contributed by atoms with Crippen molar-refractivity contribution < 1.29 is 0 Å². The fourth-order valence-corrected chi connectivity index (χ4v) is 4.20. The molecule has 2 N–H and O–H groups in total. The third kappa shape index (κ3) is 2.51.